The van der Waals surface area contributed by atoms with Gasteiger partial charge in [-0.2, -0.15) is 0 Å². The number of hydrogen-bond donors (Lipinski definition) is 1. The van der Waals surface area contributed by atoms with E-state index in [9.17, 15) is 4.79 Å². The molecule has 0 aromatic heterocycles. The van der Waals surface area contributed by atoms with E-state index in [2.05, 4.69) is 70.1 Å². The van der Waals surface area contributed by atoms with E-state index in [1.54, 1.807) is 0 Å². The third kappa shape index (κ3) is 4.82. The molecule has 1 N–H and O–H groups in total. The lowest BCUT2D eigenvalue weighted by atomic mass is 9.96. The Morgan fingerprint density at radius 3 is 2.76 bits per heavy atom. The number of hydrogen-bond acceptors (Lipinski definition) is 2. The van der Waals surface area contributed by atoms with Gasteiger partial charge in [-0.25, -0.2) is 0 Å². The van der Waals surface area contributed by atoms with Crippen molar-refractivity contribution in [3.8, 4) is 0 Å². The molecule has 1 heterocycles. The van der Waals surface area contributed by atoms with Crippen molar-refractivity contribution >= 4 is 34.2 Å². The van der Waals surface area contributed by atoms with Crippen LogP contribution >= 0.6 is 22.6 Å². The second kappa shape index (κ2) is 8.32. The Morgan fingerprint density at radius 1 is 1.20 bits per heavy atom. The largest absolute Gasteiger partial charge is 0.326 e. The van der Waals surface area contributed by atoms with Gasteiger partial charge in [0, 0.05) is 22.3 Å². The number of likely N-dealkylation sites (tertiary alicyclic amines) is 1. The molecule has 1 saturated heterocycles. The second-order valence-corrected chi connectivity index (χ2v) is 8.19. The van der Waals surface area contributed by atoms with E-state index < -0.39 is 0 Å². The summed E-state index contributed by atoms with van der Waals surface area (Å²) in [5.41, 5.74) is 4.73. The molecule has 0 saturated carbocycles. The summed E-state index contributed by atoms with van der Waals surface area (Å²) in [6, 6.07) is 14.7. The van der Waals surface area contributed by atoms with Gasteiger partial charge in [-0.1, -0.05) is 24.3 Å². The number of carbonyl (C=O) groups excluding carboxylic acids is 1. The fourth-order valence-corrected chi connectivity index (χ4v) is 4.09. The Bertz CT molecular complexity index is 759. The van der Waals surface area contributed by atoms with E-state index in [1.165, 1.54) is 14.7 Å². The van der Waals surface area contributed by atoms with E-state index in [0.29, 0.717) is 0 Å². The van der Waals surface area contributed by atoms with E-state index in [1.807, 2.05) is 19.1 Å². The van der Waals surface area contributed by atoms with Gasteiger partial charge in [-0.05, 0) is 90.7 Å². The molecule has 25 heavy (non-hydrogen) atoms. The van der Waals surface area contributed by atoms with Gasteiger partial charge in [0.15, 0.2) is 0 Å². The molecule has 2 aromatic rings. The summed E-state index contributed by atoms with van der Waals surface area (Å²) in [4.78, 5) is 15.1. The topological polar surface area (TPSA) is 32.3 Å². The zero-order valence-corrected chi connectivity index (χ0v) is 17.0. The van der Waals surface area contributed by atoms with Gasteiger partial charge in [0.25, 0.3) is 0 Å². The Balaban J connectivity index is 1.62. The molecular formula is C21H25IN2O. The van der Waals surface area contributed by atoms with Crippen LogP contribution in [-0.2, 0) is 11.3 Å². The molecule has 3 nitrogen and oxygen atoms in total. The maximum Gasteiger partial charge on any atom is 0.228 e. The fraction of sp³-hybridized carbons (Fsp3) is 0.381. The van der Waals surface area contributed by atoms with Crippen LogP contribution in [0.2, 0.25) is 0 Å². The average molecular weight is 448 g/mol. The van der Waals surface area contributed by atoms with Crippen LogP contribution in [0.5, 0.6) is 0 Å². The standard InChI is InChI=1S/C21H25IN2O/c1-15-6-3-4-7-17(15)13-24-11-5-8-18(14-24)21(25)23-20-10-9-19(22)12-16(20)2/h3-4,6-7,9-10,12,18H,5,8,11,13-14H2,1-2H3,(H,23,25). The van der Waals surface area contributed by atoms with Crippen LogP contribution in [0.15, 0.2) is 42.5 Å². The molecule has 3 rings (SSSR count). The van der Waals surface area contributed by atoms with E-state index in [-0.39, 0.29) is 11.8 Å². The zero-order chi connectivity index (χ0) is 17.8. The highest BCUT2D eigenvalue weighted by Gasteiger charge is 2.26. The molecule has 0 aliphatic carbocycles. The first-order valence-corrected chi connectivity index (χ1v) is 9.94. The summed E-state index contributed by atoms with van der Waals surface area (Å²) in [5.74, 6) is 0.218. The lowest BCUT2D eigenvalue weighted by molar-refractivity contribution is -0.121. The first kappa shape index (κ1) is 18.4. The molecule has 1 fully saturated rings. The third-order valence-electron chi connectivity index (χ3n) is 4.98. The lowest BCUT2D eigenvalue weighted by Crippen LogP contribution is -2.40. The van der Waals surface area contributed by atoms with Crippen LogP contribution in [0.1, 0.15) is 29.5 Å². The number of aryl methyl sites for hydroxylation is 2. The highest BCUT2D eigenvalue weighted by atomic mass is 127. The summed E-state index contributed by atoms with van der Waals surface area (Å²) < 4.78 is 1.19. The van der Waals surface area contributed by atoms with Crippen molar-refractivity contribution in [1.29, 1.82) is 0 Å². The Kier molecular flexibility index (Phi) is 6.12. The maximum absolute atomic E-state index is 12.7. The Morgan fingerprint density at radius 2 is 2.00 bits per heavy atom. The number of halogens is 1. The number of nitrogens with one attached hydrogen (secondary N) is 1. The molecule has 1 unspecified atom stereocenters. The van der Waals surface area contributed by atoms with E-state index >= 15 is 0 Å². The Hall–Kier alpha value is -1.40. The summed E-state index contributed by atoms with van der Waals surface area (Å²) >= 11 is 2.30. The van der Waals surface area contributed by atoms with E-state index in [4.69, 9.17) is 0 Å². The molecule has 0 radical (unpaired) electrons. The van der Waals surface area contributed by atoms with Crippen molar-refractivity contribution in [1.82, 2.24) is 4.90 Å². The molecule has 4 heteroatoms. The first-order valence-electron chi connectivity index (χ1n) is 8.87. The Labute approximate surface area is 164 Å². The molecule has 1 aliphatic rings. The maximum atomic E-state index is 12.7. The van der Waals surface area contributed by atoms with Crippen molar-refractivity contribution in [2.75, 3.05) is 18.4 Å². The van der Waals surface area contributed by atoms with Crippen molar-refractivity contribution in [2.45, 2.75) is 33.2 Å². The van der Waals surface area contributed by atoms with Crippen molar-refractivity contribution in [2.24, 2.45) is 5.92 Å². The minimum absolute atomic E-state index is 0.0662. The van der Waals surface area contributed by atoms with Crippen LogP contribution in [0.25, 0.3) is 0 Å². The fourth-order valence-electron chi connectivity index (χ4n) is 3.44. The normalized spacial score (nSPS) is 18.1. The molecule has 0 spiro atoms. The summed E-state index contributed by atoms with van der Waals surface area (Å²) in [7, 11) is 0. The third-order valence-corrected chi connectivity index (χ3v) is 5.65. The predicted molar refractivity (Wildman–Crippen MR) is 112 cm³/mol. The van der Waals surface area contributed by atoms with Gasteiger partial charge in [0.2, 0.25) is 5.91 Å². The predicted octanol–water partition coefficient (Wildman–Crippen LogP) is 4.76. The van der Waals surface area contributed by atoms with Gasteiger partial charge < -0.3 is 5.32 Å². The summed E-state index contributed by atoms with van der Waals surface area (Å²) in [6.45, 7) is 7.04. The van der Waals surface area contributed by atoms with Crippen molar-refractivity contribution in [3.05, 3.63) is 62.7 Å². The van der Waals surface area contributed by atoms with Gasteiger partial charge in [-0.3, -0.25) is 9.69 Å². The lowest BCUT2D eigenvalue weighted by Gasteiger charge is -2.32. The van der Waals surface area contributed by atoms with E-state index in [0.717, 1.165) is 43.7 Å². The highest BCUT2D eigenvalue weighted by Crippen LogP contribution is 2.23. The number of carbonyl (C=O) groups is 1. The molecule has 132 valence electrons. The molecule has 2 aromatic carbocycles. The molecule has 1 atom stereocenters. The molecule has 0 bridgehead atoms. The van der Waals surface area contributed by atoms with Crippen LogP contribution in [0, 0.1) is 23.3 Å². The van der Waals surface area contributed by atoms with Gasteiger partial charge in [0.05, 0.1) is 5.92 Å². The minimum atomic E-state index is 0.0662. The zero-order valence-electron chi connectivity index (χ0n) is 14.9. The number of anilines is 1. The van der Waals surface area contributed by atoms with Gasteiger partial charge in [-0.15, -0.1) is 0 Å². The number of amides is 1. The number of benzene rings is 2. The number of piperidine rings is 1. The smallest absolute Gasteiger partial charge is 0.228 e. The summed E-state index contributed by atoms with van der Waals surface area (Å²) in [6.07, 6.45) is 2.05. The highest BCUT2D eigenvalue weighted by molar-refractivity contribution is 14.1. The monoisotopic (exact) mass is 448 g/mol. The van der Waals surface area contributed by atoms with Crippen molar-refractivity contribution in [3.63, 3.8) is 0 Å². The van der Waals surface area contributed by atoms with Gasteiger partial charge in [0.1, 0.15) is 0 Å². The number of rotatable bonds is 4. The average Bonchev–Trinajstić information content (AvgIpc) is 2.60. The second-order valence-electron chi connectivity index (χ2n) is 6.95. The summed E-state index contributed by atoms with van der Waals surface area (Å²) in [5, 5.41) is 3.13. The molecular weight excluding hydrogens is 423 g/mol. The first-order chi connectivity index (χ1) is 12.0. The molecule has 1 amide bonds. The van der Waals surface area contributed by atoms with Gasteiger partial charge >= 0.3 is 0 Å². The number of nitrogens with zero attached hydrogens (tertiary/aromatic N) is 1. The van der Waals surface area contributed by atoms with Crippen molar-refractivity contribution < 1.29 is 4.79 Å². The minimum Gasteiger partial charge on any atom is -0.326 e. The van der Waals surface area contributed by atoms with Crippen LogP contribution in [0.3, 0.4) is 0 Å². The van der Waals surface area contributed by atoms with Crippen LogP contribution < -0.4 is 5.32 Å². The van der Waals surface area contributed by atoms with Crippen LogP contribution in [0.4, 0.5) is 5.69 Å². The molecule has 1 aliphatic heterocycles. The SMILES string of the molecule is Cc1ccccc1CN1CCCC(C(=O)Nc2ccc(I)cc2C)C1. The van der Waals surface area contributed by atoms with Crippen LogP contribution in [-0.4, -0.2) is 23.9 Å². The quantitative estimate of drug-likeness (QED) is 0.685.